The highest BCUT2D eigenvalue weighted by molar-refractivity contribution is 5.40. The summed E-state index contributed by atoms with van der Waals surface area (Å²) in [5, 5.41) is 0. The molecule has 0 amide bonds. The van der Waals surface area contributed by atoms with Crippen molar-refractivity contribution in [3.63, 3.8) is 0 Å². The third-order valence-corrected chi connectivity index (χ3v) is 5.85. The number of rotatable bonds is 3. The molecular weight excluding hydrogens is 240 g/mol. The maximum atomic E-state index is 2.50. The Labute approximate surface area is 123 Å². The molecule has 0 saturated carbocycles. The van der Waals surface area contributed by atoms with Gasteiger partial charge in [-0.25, -0.2) is 0 Å². The molecule has 0 aliphatic heterocycles. The molecule has 0 saturated heterocycles. The van der Waals surface area contributed by atoms with Crippen molar-refractivity contribution in [2.75, 3.05) is 0 Å². The molecule has 0 nitrogen and oxygen atoms in total. The Balaban J connectivity index is 1.40. The third-order valence-electron chi connectivity index (χ3n) is 5.85. The number of hydrogen-bond acceptors (Lipinski definition) is 0. The Morgan fingerprint density at radius 3 is 1.60 bits per heavy atom. The molecule has 0 N–H and O–H groups in total. The van der Waals surface area contributed by atoms with Gasteiger partial charge in [0.05, 0.1) is 0 Å². The Bertz CT molecular complexity index is 464. The van der Waals surface area contributed by atoms with Gasteiger partial charge in [0.1, 0.15) is 0 Å². The molecule has 20 heavy (non-hydrogen) atoms. The predicted molar refractivity (Wildman–Crippen MR) is 85.5 cm³/mol. The van der Waals surface area contributed by atoms with Crippen LogP contribution in [0.15, 0.2) is 46.6 Å². The fraction of sp³-hybridized carbons (Fsp3) is 0.600. The highest BCUT2D eigenvalue weighted by atomic mass is 14.3. The number of hydrogen-bond donors (Lipinski definition) is 0. The Hall–Kier alpha value is -1.04. The van der Waals surface area contributed by atoms with Crippen LogP contribution in [0.4, 0.5) is 0 Å². The molecule has 0 spiro atoms. The average molecular weight is 266 g/mol. The predicted octanol–water partition coefficient (Wildman–Crippen LogP) is 5.88. The van der Waals surface area contributed by atoms with Crippen LogP contribution in [-0.4, -0.2) is 0 Å². The van der Waals surface area contributed by atoms with E-state index in [9.17, 15) is 0 Å². The van der Waals surface area contributed by atoms with E-state index in [2.05, 4.69) is 24.3 Å². The Kier molecular flexibility index (Phi) is 3.42. The molecular formula is C20H26. The minimum Gasteiger partial charge on any atom is -0.0771 e. The van der Waals surface area contributed by atoms with E-state index in [1.165, 1.54) is 64.2 Å². The van der Waals surface area contributed by atoms with Crippen LogP contribution in [0.2, 0.25) is 0 Å². The molecule has 0 bridgehead atoms. The second-order valence-corrected chi connectivity index (χ2v) is 7.02. The van der Waals surface area contributed by atoms with E-state index >= 15 is 0 Å². The summed E-state index contributed by atoms with van der Waals surface area (Å²) in [6.45, 7) is 0. The van der Waals surface area contributed by atoms with Gasteiger partial charge in [-0.15, -0.1) is 0 Å². The molecule has 0 aromatic heterocycles. The molecule has 4 aliphatic rings. The molecule has 0 heteroatoms. The lowest BCUT2D eigenvalue weighted by Gasteiger charge is -2.23. The van der Waals surface area contributed by atoms with E-state index < -0.39 is 0 Å². The van der Waals surface area contributed by atoms with Crippen molar-refractivity contribution >= 4 is 0 Å². The van der Waals surface area contributed by atoms with Crippen LogP contribution in [-0.2, 0) is 0 Å². The summed E-state index contributed by atoms with van der Waals surface area (Å²) in [6, 6.07) is 0. The van der Waals surface area contributed by atoms with Gasteiger partial charge in [-0.05, 0) is 87.2 Å². The molecule has 106 valence electrons. The minimum atomic E-state index is 0.784. The van der Waals surface area contributed by atoms with Crippen LogP contribution in [0.3, 0.4) is 0 Å². The summed E-state index contributed by atoms with van der Waals surface area (Å²) in [6.07, 6.45) is 23.8. The van der Waals surface area contributed by atoms with Gasteiger partial charge in [-0.2, -0.15) is 0 Å². The second kappa shape index (κ2) is 5.39. The molecule has 0 unspecified atom stereocenters. The molecule has 0 fully saturated rings. The van der Waals surface area contributed by atoms with E-state index in [0.29, 0.717) is 0 Å². The van der Waals surface area contributed by atoms with Gasteiger partial charge in [0, 0.05) is 0 Å². The lowest BCUT2D eigenvalue weighted by atomic mass is 9.82. The van der Waals surface area contributed by atoms with Crippen molar-refractivity contribution in [3.05, 3.63) is 46.6 Å². The summed E-state index contributed by atoms with van der Waals surface area (Å²) in [5.41, 5.74) is 6.99. The van der Waals surface area contributed by atoms with Gasteiger partial charge in [-0.3, -0.25) is 0 Å². The van der Waals surface area contributed by atoms with Gasteiger partial charge in [0.25, 0.3) is 0 Å². The van der Waals surface area contributed by atoms with Gasteiger partial charge >= 0.3 is 0 Å². The normalized spacial score (nSPS) is 32.0. The minimum absolute atomic E-state index is 0.784. The smallest absolute Gasteiger partial charge is 0.00139 e. The molecule has 2 atom stereocenters. The van der Waals surface area contributed by atoms with Gasteiger partial charge < -0.3 is 0 Å². The summed E-state index contributed by atoms with van der Waals surface area (Å²) in [5.74, 6) is 1.57. The fourth-order valence-electron chi connectivity index (χ4n) is 4.73. The first kappa shape index (κ1) is 12.7. The first-order valence-corrected chi connectivity index (χ1v) is 8.72. The molecule has 0 aromatic carbocycles. The molecule has 4 rings (SSSR count). The largest absolute Gasteiger partial charge is 0.0771 e. The standard InChI is InChI=1S/C20H26/c1-3-7-19-15(5-1)9-11-17(19)13-14-18-12-10-16-6-2-4-8-20(16)18/h9-12,17-18H,1-8,13-14H2/t17-,18-/m0/s1. The highest BCUT2D eigenvalue weighted by Crippen LogP contribution is 2.42. The lowest BCUT2D eigenvalue weighted by Crippen LogP contribution is -2.08. The van der Waals surface area contributed by atoms with Crippen molar-refractivity contribution in [1.82, 2.24) is 0 Å². The van der Waals surface area contributed by atoms with Gasteiger partial charge in [0.15, 0.2) is 0 Å². The topological polar surface area (TPSA) is 0 Å². The maximum Gasteiger partial charge on any atom is -0.00139 e. The number of allylic oxidation sites excluding steroid dienone is 8. The monoisotopic (exact) mass is 266 g/mol. The molecule has 4 aliphatic carbocycles. The average Bonchev–Trinajstić information content (AvgIpc) is 3.09. The zero-order valence-electron chi connectivity index (χ0n) is 12.5. The van der Waals surface area contributed by atoms with Crippen molar-refractivity contribution in [1.29, 1.82) is 0 Å². The first-order chi connectivity index (χ1) is 9.92. The Morgan fingerprint density at radius 1 is 0.650 bits per heavy atom. The van der Waals surface area contributed by atoms with Crippen LogP contribution >= 0.6 is 0 Å². The van der Waals surface area contributed by atoms with Gasteiger partial charge in [0.2, 0.25) is 0 Å². The van der Waals surface area contributed by atoms with E-state index in [0.717, 1.165) is 11.8 Å². The third kappa shape index (κ3) is 2.24. The van der Waals surface area contributed by atoms with Crippen LogP contribution in [0.25, 0.3) is 0 Å². The van der Waals surface area contributed by atoms with Crippen molar-refractivity contribution < 1.29 is 0 Å². The molecule has 0 heterocycles. The van der Waals surface area contributed by atoms with Crippen LogP contribution in [0.1, 0.15) is 64.2 Å². The summed E-state index contributed by atoms with van der Waals surface area (Å²) in [7, 11) is 0. The fourth-order valence-corrected chi connectivity index (χ4v) is 4.73. The summed E-state index contributed by atoms with van der Waals surface area (Å²) >= 11 is 0. The molecule has 0 aromatic rings. The second-order valence-electron chi connectivity index (χ2n) is 7.02. The lowest BCUT2D eigenvalue weighted by molar-refractivity contribution is 0.521. The van der Waals surface area contributed by atoms with E-state index in [1.807, 2.05) is 0 Å². The SMILES string of the molecule is C1=C[C@@H](CC[C@@H]2C=CC3=C2CCCC3)C2=C1CCCC2. The highest BCUT2D eigenvalue weighted by Gasteiger charge is 2.26. The zero-order valence-corrected chi connectivity index (χ0v) is 12.5. The van der Waals surface area contributed by atoms with Crippen molar-refractivity contribution in [2.45, 2.75) is 64.2 Å². The van der Waals surface area contributed by atoms with Crippen LogP contribution in [0, 0.1) is 11.8 Å². The summed E-state index contributed by atoms with van der Waals surface area (Å²) < 4.78 is 0. The van der Waals surface area contributed by atoms with Crippen molar-refractivity contribution in [3.8, 4) is 0 Å². The summed E-state index contributed by atoms with van der Waals surface area (Å²) in [4.78, 5) is 0. The van der Waals surface area contributed by atoms with Gasteiger partial charge in [-0.1, -0.05) is 35.5 Å². The maximum absolute atomic E-state index is 2.50. The van der Waals surface area contributed by atoms with Crippen LogP contribution in [0.5, 0.6) is 0 Å². The quantitative estimate of drug-likeness (QED) is 0.598. The molecule has 0 radical (unpaired) electrons. The first-order valence-electron chi connectivity index (χ1n) is 8.72. The van der Waals surface area contributed by atoms with Crippen LogP contribution < -0.4 is 0 Å². The van der Waals surface area contributed by atoms with E-state index in [4.69, 9.17) is 0 Å². The van der Waals surface area contributed by atoms with Crippen molar-refractivity contribution in [2.24, 2.45) is 11.8 Å². The zero-order chi connectivity index (χ0) is 13.4. The Morgan fingerprint density at radius 2 is 1.10 bits per heavy atom. The van der Waals surface area contributed by atoms with E-state index in [-0.39, 0.29) is 0 Å². The van der Waals surface area contributed by atoms with E-state index in [1.54, 1.807) is 22.3 Å².